The fraction of sp³-hybridized carbons (Fsp3) is 0.231. The van der Waals surface area contributed by atoms with Crippen LogP contribution in [0.25, 0.3) is 0 Å². The third-order valence-electron chi connectivity index (χ3n) is 2.57. The van der Waals surface area contributed by atoms with Crippen molar-refractivity contribution < 1.29 is 4.39 Å². The third kappa shape index (κ3) is 2.47. The van der Waals surface area contributed by atoms with Crippen molar-refractivity contribution in [1.82, 2.24) is 9.97 Å². The number of nitrogens with two attached hydrogens (primary N) is 1. The molecule has 1 heterocycles. The summed E-state index contributed by atoms with van der Waals surface area (Å²) in [4.78, 5) is 8.25. The predicted molar refractivity (Wildman–Crippen MR) is 63.9 cm³/mol. The quantitative estimate of drug-likeness (QED) is 0.862. The molecule has 0 aliphatic heterocycles. The summed E-state index contributed by atoms with van der Waals surface area (Å²) >= 11 is 0. The molecule has 0 bridgehead atoms. The molecule has 0 aliphatic carbocycles. The van der Waals surface area contributed by atoms with Crippen molar-refractivity contribution >= 4 is 0 Å². The molecule has 1 atom stereocenters. The van der Waals surface area contributed by atoms with Crippen LogP contribution in [0, 0.1) is 19.7 Å². The lowest BCUT2D eigenvalue weighted by molar-refractivity contribution is 0.593. The first kappa shape index (κ1) is 11.7. The normalized spacial score (nSPS) is 12.5. The van der Waals surface area contributed by atoms with Gasteiger partial charge in [-0.3, -0.25) is 0 Å². The van der Waals surface area contributed by atoms with E-state index >= 15 is 0 Å². The van der Waals surface area contributed by atoms with Gasteiger partial charge in [0.15, 0.2) is 0 Å². The van der Waals surface area contributed by atoms with Gasteiger partial charge in [-0.2, -0.15) is 0 Å². The molecule has 0 fully saturated rings. The Morgan fingerprint density at radius 2 is 1.76 bits per heavy atom. The number of halogens is 1. The molecule has 2 aromatic rings. The van der Waals surface area contributed by atoms with E-state index in [4.69, 9.17) is 5.73 Å². The number of aryl methyl sites for hydroxylation is 2. The van der Waals surface area contributed by atoms with Crippen LogP contribution in [0.3, 0.4) is 0 Å². The number of hydrogen-bond acceptors (Lipinski definition) is 3. The second-order valence-corrected chi connectivity index (χ2v) is 4.12. The number of rotatable bonds is 2. The van der Waals surface area contributed by atoms with E-state index in [1.807, 2.05) is 13.8 Å². The van der Waals surface area contributed by atoms with Gasteiger partial charge in [0.1, 0.15) is 11.6 Å². The van der Waals surface area contributed by atoms with Crippen molar-refractivity contribution in [2.45, 2.75) is 19.9 Å². The van der Waals surface area contributed by atoms with Crippen LogP contribution >= 0.6 is 0 Å². The van der Waals surface area contributed by atoms with E-state index in [2.05, 4.69) is 9.97 Å². The van der Waals surface area contributed by atoms with Gasteiger partial charge in [-0.15, -0.1) is 0 Å². The molecule has 0 spiro atoms. The Balaban J connectivity index is 2.39. The van der Waals surface area contributed by atoms with Crippen molar-refractivity contribution in [3.05, 3.63) is 58.9 Å². The Morgan fingerprint density at radius 3 is 2.41 bits per heavy atom. The Bertz CT molecular complexity index is 523. The summed E-state index contributed by atoms with van der Waals surface area (Å²) in [5.74, 6) is 0.104. The van der Waals surface area contributed by atoms with Crippen LogP contribution in [-0.4, -0.2) is 9.97 Å². The number of nitrogens with zero attached hydrogens (tertiary/aromatic N) is 2. The fourth-order valence-corrected chi connectivity index (χ4v) is 1.60. The monoisotopic (exact) mass is 231 g/mol. The summed E-state index contributed by atoms with van der Waals surface area (Å²) in [5, 5.41) is 0. The molecule has 0 saturated heterocycles. The average Bonchev–Trinajstić information content (AvgIpc) is 2.32. The van der Waals surface area contributed by atoms with E-state index in [9.17, 15) is 4.39 Å². The van der Waals surface area contributed by atoms with Crippen LogP contribution in [-0.2, 0) is 0 Å². The molecule has 1 aromatic carbocycles. The zero-order valence-electron chi connectivity index (χ0n) is 9.81. The van der Waals surface area contributed by atoms with Gasteiger partial charge in [0.2, 0.25) is 0 Å². The fourth-order valence-electron chi connectivity index (χ4n) is 1.60. The lowest BCUT2D eigenvalue weighted by Crippen LogP contribution is -2.17. The van der Waals surface area contributed by atoms with Crippen molar-refractivity contribution in [3.8, 4) is 0 Å². The highest BCUT2D eigenvalue weighted by Gasteiger charge is 2.15. The first-order chi connectivity index (χ1) is 8.08. The molecule has 2 rings (SSSR count). The number of hydrogen-bond donors (Lipinski definition) is 1. The smallest absolute Gasteiger partial charge is 0.149 e. The molecule has 1 aromatic heterocycles. The zero-order chi connectivity index (χ0) is 12.4. The van der Waals surface area contributed by atoms with E-state index in [0.717, 1.165) is 11.1 Å². The molecule has 0 amide bonds. The minimum Gasteiger partial charge on any atom is -0.318 e. The predicted octanol–water partition coefficient (Wildman–Crippen LogP) is 2.28. The molecule has 88 valence electrons. The van der Waals surface area contributed by atoms with Crippen LogP contribution in [0.2, 0.25) is 0 Å². The van der Waals surface area contributed by atoms with Crippen molar-refractivity contribution in [1.29, 1.82) is 0 Å². The van der Waals surface area contributed by atoms with Crippen LogP contribution in [0.5, 0.6) is 0 Å². The van der Waals surface area contributed by atoms with E-state index in [1.165, 1.54) is 6.07 Å². The summed E-state index contributed by atoms with van der Waals surface area (Å²) in [6, 6.07) is 4.22. The SMILES string of the molecule is Cc1cnc(C(N)c2cc(C)ccc2F)nc1. The molecule has 0 saturated carbocycles. The molecule has 17 heavy (non-hydrogen) atoms. The Morgan fingerprint density at radius 1 is 1.12 bits per heavy atom. The van der Waals surface area contributed by atoms with E-state index in [1.54, 1.807) is 24.5 Å². The maximum atomic E-state index is 13.6. The zero-order valence-corrected chi connectivity index (χ0v) is 9.81. The van der Waals surface area contributed by atoms with E-state index in [-0.39, 0.29) is 5.82 Å². The molecule has 1 unspecified atom stereocenters. The molecule has 2 N–H and O–H groups in total. The van der Waals surface area contributed by atoms with Crippen molar-refractivity contribution in [3.63, 3.8) is 0 Å². The Labute approximate surface area is 99.5 Å². The number of aromatic nitrogens is 2. The van der Waals surface area contributed by atoms with Gasteiger partial charge in [-0.1, -0.05) is 17.7 Å². The first-order valence-corrected chi connectivity index (χ1v) is 5.38. The molecule has 4 heteroatoms. The highest BCUT2D eigenvalue weighted by molar-refractivity contribution is 5.30. The number of benzene rings is 1. The lowest BCUT2D eigenvalue weighted by atomic mass is 10.0. The highest BCUT2D eigenvalue weighted by Crippen LogP contribution is 2.20. The van der Waals surface area contributed by atoms with E-state index < -0.39 is 6.04 Å². The van der Waals surface area contributed by atoms with Crippen LogP contribution in [0.4, 0.5) is 4.39 Å². The minimum absolute atomic E-state index is 0.327. The van der Waals surface area contributed by atoms with Crippen molar-refractivity contribution in [2.75, 3.05) is 0 Å². The van der Waals surface area contributed by atoms with Gasteiger partial charge >= 0.3 is 0 Å². The second kappa shape index (κ2) is 4.59. The molecule has 3 nitrogen and oxygen atoms in total. The van der Waals surface area contributed by atoms with Crippen molar-refractivity contribution in [2.24, 2.45) is 5.73 Å². The van der Waals surface area contributed by atoms with Gasteiger partial charge in [-0.05, 0) is 25.5 Å². The molecule has 0 radical (unpaired) electrons. The molecular weight excluding hydrogens is 217 g/mol. The molecule has 0 aliphatic rings. The average molecular weight is 231 g/mol. The summed E-state index contributed by atoms with van der Waals surface area (Å²) in [6.45, 7) is 3.79. The minimum atomic E-state index is -0.629. The van der Waals surface area contributed by atoms with Gasteiger partial charge in [0.05, 0.1) is 6.04 Å². The topological polar surface area (TPSA) is 51.8 Å². The second-order valence-electron chi connectivity index (χ2n) is 4.12. The van der Waals surface area contributed by atoms with Gasteiger partial charge in [0, 0.05) is 18.0 Å². The Kier molecular flexibility index (Phi) is 3.15. The summed E-state index contributed by atoms with van der Waals surface area (Å²) in [5.41, 5.74) is 8.31. The lowest BCUT2D eigenvalue weighted by Gasteiger charge is -2.12. The van der Waals surface area contributed by atoms with Gasteiger partial charge in [0.25, 0.3) is 0 Å². The molecular formula is C13H14FN3. The summed E-state index contributed by atoms with van der Waals surface area (Å²) < 4.78 is 13.6. The van der Waals surface area contributed by atoms with Crippen LogP contribution in [0.1, 0.15) is 28.6 Å². The summed E-state index contributed by atoms with van der Waals surface area (Å²) in [6.07, 6.45) is 3.35. The van der Waals surface area contributed by atoms with Crippen LogP contribution in [0.15, 0.2) is 30.6 Å². The highest BCUT2D eigenvalue weighted by atomic mass is 19.1. The Hall–Kier alpha value is -1.81. The largest absolute Gasteiger partial charge is 0.318 e. The van der Waals surface area contributed by atoms with Crippen LogP contribution < -0.4 is 5.73 Å². The van der Waals surface area contributed by atoms with Gasteiger partial charge < -0.3 is 5.73 Å². The van der Waals surface area contributed by atoms with Gasteiger partial charge in [-0.25, -0.2) is 14.4 Å². The summed E-state index contributed by atoms with van der Waals surface area (Å²) in [7, 11) is 0. The maximum absolute atomic E-state index is 13.6. The van der Waals surface area contributed by atoms with E-state index in [0.29, 0.717) is 11.4 Å². The standard InChI is InChI=1S/C13H14FN3/c1-8-3-4-11(14)10(5-8)12(15)13-16-6-9(2)7-17-13/h3-7,12H,15H2,1-2H3. The third-order valence-corrected chi connectivity index (χ3v) is 2.57. The first-order valence-electron chi connectivity index (χ1n) is 5.38. The maximum Gasteiger partial charge on any atom is 0.149 e.